The molecule has 144 valence electrons. The summed E-state index contributed by atoms with van der Waals surface area (Å²) in [6, 6.07) is 9.44. The highest BCUT2D eigenvalue weighted by Gasteiger charge is 2.20. The molecule has 1 unspecified atom stereocenters. The second kappa shape index (κ2) is 9.00. The van der Waals surface area contributed by atoms with Crippen molar-refractivity contribution in [2.75, 3.05) is 20.8 Å². The normalized spacial score (nSPS) is 11.6. The molecule has 8 nitrogen and oxygen atoms in total. The number of carbonyl (C=O) groups is 1. The van der Waals surface area contributed by atoms with E-state index in [1.54, 1.807) is 18.2 Å². The van der Waals surface area contributed by atoms with E-state index < -0.39 is 11.0 Å². The zero-order chi connectivity index (χ0) is 20.0. The number of ether oxygens (including phenoxy) is 2. The number of rotatable bonds is 8. The van der Waals surface area contributed by atoms with Crippen molar-refractivity contribution < 1.29 is 19.2 Å². The Morgan fingerprint density at radius 2 is 1.78 bits per heavy atom. The fraction of sp³-hybridized carbons (Fsp3) is 0.316. The third kappa shape index (κ3) is 4.95. The Labute approximate surface area is 157 Å². The number of nitro groups is 1. The molecular formula is C19H23N3O5. The summed E-state index contributed by atoms with van der Waals surface area (Å²) in [7, 11) is 2.86. The third-order valence-corrected chi connectivity index (χ3v) is 4.19. The van der Waals surface area contributed by atoms with Crippen LogP contribution in [0.3, 0.4) is 0 Å². The maximum Gasteiger partial charge on any atom is 0.276 e. The number of hydrogen-bond acceptors (Lipinski definition) is 6. The molecule has 3 N–H and O–H groups in total. The fourth-order valence-corrected chi connectivity index (χ4v) is 2.64. The highest BCUT2D eigenvalue weighted by molar-refractivity contribution is 5.82. The zero-order valence-electron chi connectivity index (χ0n) is 15.5. The lowest BCUT2D eigenvalue weighted by Gasteiger charge is -2.14. The van der Waals surface area contributed by atoms with E-state index in [1.807, 2.05) is 19.1 Å². The van der Waals surface area contributed by atoms with Crippen LogP contribution in [0.5, 0.6) is 11.5 Å². The van der Waals surface area contributed by atoms with E-state index in [0.29, 0.717) is 16.9 Å². The Morgan fingerprint density at radius 1 is 1.19 bits per heavy atom. The van der Waals surface area contributed by atoms with Gasteiger partial charge in [0.2, 0.25) is 5.91 Å². The van der Waals surface area contributed by atoms with Gasteiger partial charge in [0, 0.05) is 12.1 Å². The van der Waals surface area contributed by atoms with Gasteiger partial charge in [-0.1, -0.05) is 29.8 Å². The monoisotopic (exact) mass is 373 g/mol. The molecule has 0 aromatic heterocycles. The van der Waals surface area contributed by atoms with E-state index in [2.05, 4.69) is 5.32 Å². The van der Waals surface area contributed by atoms with Gasteiger partial charge in [-0.05, 0) is 25.0 Å². The first-order valence-electron chi connectivity index (χ1n) is 8.36. The molecule has 2 rings (SSSR count). The van der Waals surface area contributed by atoms with Crippen LogP contribution < -0.4 is 20.5 Å². The zero-order valence-corrected chi connectivity index (χ0v) is 15.5. The van der Waals surface area contributed by atoms with Crippen LogP contribution >= 0.6 is 0 Å². The maximum absolute atomic E-state index is 12.2. The Kier molecular flexibility index (Phi) is 6.73. The number of nitro benzene ring substituents is 1. The molecule has 27 heavy (non-hydrogen) atoms. The van der Waals surface area contributed by atoms with Gasteiger partial charge >= 0.3 is 0 Å². The van der Waals surface area contributed by atoms with Crippen molar-refractivity contribution in [1.29, 1.82) is 0 Å². The Bertz CT molecular complexity index is 821. The van der Waals surface area contributed by atoms with Crippen molar-refractivity contribution in [3.8, 4) is 11.5 Å². The number of methoxy groups -OCH3 is 2. The van der Waals surface area contributed by atoms with Gasteiger partial charge in [0.15, 0.2) is 11.5 Å². The number of aryl methyl sites for hydroxylation is 1. The van der Waals surface area contributed by atoms with Gasteiger partial charge in [-0.2, -0.15) is 0 Å². The summed E-state index contributed by atoms with van der Waals surface area (Å²) in [6.45, 7) is 2.15. The number of carbonyl (C=O) groups excluding carboxylic acids is 1. The van der Waals surface area contributed by atoms with Crippen molar-refractivity contribution in [3.05, 3.63) is 63.2 Å². The molecule has 0 fully saturated rings. The average molecular weight is 373 g/mol. The molecule has 0 bridgehead atoms. The Hall–Kier alpha value is -3.13. The molecule has 0 saturated heterocycles. The van der Waals surface area contributed by atoms with E-state index in [0.717, 1.165) is 5.56 Å². The summed E-state index contributed by atoms with van der Waals surface area (Å²) in [5.74, 6) is 0.321. The first kappa shape index (κ1) is 20.2. The predicted octanol–water partition coefficient (Wildman–Crippen LogP) is 2.28. The molecule has 0 aliphatic carbocycles. The van der Waals surface area contributed by atoms with Gasteiger partial charge in [-0.25, -0.2) is 0 Å². The quantitative estimate of drug-likeness (QED) is 0.541. The van der Waals surface area contributed by atoms with Crippen molar-refractivity contribution in [3.63, 3.8) is 0 Å². The van der Waals surface area contributed by atoms with Gasteiger partial charge in [-0.15, -0.1) is 0 Å². The minimum absolute atomic E-state index is 0.0928. The van der Waals surface area contributed by atoms with E-state index in [4.69, 9.17) is 15.2 Å². The van der Waals surface area contributed by atoms with Gasteiger partial charge < -0.3 is 20.5 Å². The number of amides is 1. The largest absolute Gasteiger partial charge is 0.493 e. The Balaban J connectivity index is 2.06. The summed E-state index contributed by atoms with van der Waals surface area (Å²) >= 11 is 0. The van der Waals surface area contributed by atoms with Crippen molar-refractivity contribution in [2.45, 2.75) is 19.4 Å². The first-order valence-corrected chi connectivity index (χ1v) is 8.36. The van der Waals surface area contributed by atoms with Crippen LogP contribution in [0.2, 0.25) is 0 Å². The molecule has 2 aromatic rings. The van der Waals surface area contributed by atoms with Crippen LogP contribution in [0.25, 0.3) is 0 Å². The van der Waals surface area contributed by atoms with Crippen LogP contribution in [0.15, 0.2) is 36.4 Å². The van der Waals surface area contributed by atoms with Crippen molar-refractivity contribution >= 4 is 11.6 Å². The van der Waals surface area contributed by atoms with Crippen LogP contribution in [-0.2, 0) is 11.2 Å². The van der Waals surface area contributed by atoms with Crippen molar-refractivity contribution in [1.82, 2.24) is 5.32 Å². The molecule has 0 aliphatic heterocycles. The minimum Gasteiger partial charge on any atom is -0.493 e. The smallest absolute Gasteiger partial charge is 0.276 e. The predicted molar refractivity (Wildman–Crippen MR) is 101 cm³/mol. The topological polar surface area (TPSA) is 117 Å². The molecule has 0 radical (unpaired) electrons. The third-order valence-electron chi connectivity index (χ3n) is 4.19. The molecular weight excluding hydrogens is 350 g/mol. The first-order chi connectivity index (χ1) is 12.9. The average Bonchev–Trinajstić information content (AvgIpc) is 2.67. The molecule has 0 saturated carbocycles. The number of benzene rings is 2. The van der Waals surface area contributed by atoms with E-state index in [-0.39, 0.29) is 30.3 Å². The molecule has 0 aliphatic rings. The standard InChI is InChI=1S/C19H23N3O5/c1-12-4-6-13(7-5-12)18(20)19(23)21-9-8-14-10-16(26-2)17(27-3)11-15(14)22(24)25/h4-7,10-11,18H,8-9,20H2,1-3H3,(H,21,23). The van der Waals surface area contributed by atoms with Gasteiger partial charge in [-0.3, -0.25) is 14.9 Å². The highest BCUT2D eigenvalue weighted by atomic mass is 16.6. The Morgan fingerprint density at radius 3 is 2.33 bits per heavy atom. The highest BCUT2D eigenvalue weighted by Crippen LogP contribution is 2.34. The van der Waals surface area contributed by atoms with Gasteiger partial charge in [0.25, 0.3) is 5.69 Å². The summed E-state index contributed by atoms with van der Waals surface area (Å²) in [5.41, 5.74) is 8.09. The molecule has 8 heteroatoms. The molecule has 1 amide bonds. The summed E-state index contributed by atoms with van der Waals surface area (Å²) < 4.78 is 10.3. The summed E-state index contributed by atoms with van der Waals surface area (Å²) in [6.07, 6.45) is 0.253. The lowest BCUT2D eigenvalue weighted by molar-refractivity contribution is -0.385. The summed E-state index contributed by atoms with van der Waals surface area (Å²) in [4.78, 5) is 23.1. The van der Waals surface area contributed by atoms with Gasteiger partial charge in [0.05, 0.1) is 25.2 Å². The molecule has 0 spiro atoms. The van der Waals surface area contributed by atoms with Gasteiger partial charge in [0.1, 0.15) is 6.04 Å². The van der Waals surface area contributed by atoms with Crippen LogP contribution in [-0.4, -0.2) is 31.6 Å². The van der Waals surface area contributed by atoms with Crippen LogP contribution in [0.1, 0.15) is 22.7 Å². The maximum atomic E-state index is 12.2. The molecule has 0 heterocycles. The molecule has 1 atom stereocenters. The number of hydrogen-bond donors (Lipinski definition) is 2. The molecule has 2 aromatic carbocycles. The number of nitrogens with one attached hydrogen (secondary N) is 1. The van der Waals surface area contributed by atoms with Crippen molar-refractivity contribution in [2.24, 2.45) is 5.73 Å². The second-order valence-electron chi connectivity index (χ2n) is 6.02. The lowest BCUT2D eigenvalue weighted by Crippen LogP contribution is -2.35. The number of nitrogens with zero attached hydrogens (tertiary/aromatic N) is 1. The number of nitrogens with two attached hydrogens (primary N) is 1. The SMILES string of the molecule is COc1cc(CCNC(=O)C(N)c2ccc(C)cc2)c([N+](=O)[O-])cc1OC. The van der Waals surface area contributed by atoms with E-state index >= 15 is 0 Å². The van der Waals surface area contributed by atoms with Crippen LogP contribution in [0.4, 0.5) is 5.69 Å². The van der Waals surface area contributed by atoms with E-state index in [1.165, 1.54) is 20.3 Å². The lowest BCUT2D eigenvalue weighted by atomic mass is 10.0. The summed E-state index contributed by atoms with van der Waals surface area (Å²) in [5, 5.41) is 14.0. The minimum atomic E-state index is -0.800. The van der Waals surface area contributed by atoms with Crippen LogP contribution in [0, 0.1) is 17.0 Å². The van der Waals surface area contributed by atoms with E-state index in [9.17, 15) is 14.9 Å². The second-order valence-corrected chi connectivity index (χ2v) is 6.02. The fourth-order valence-electron chi connectivity index (χ4n) is 2.64.